The zero-order valence-electron chi connectivity index (χ0n) is 20.1. The number of ether oxygens (including phenoxy) is 2. The summed E-state index contributed by atoms with van der Waals surface area (Å²) in [6.45, 7) is 3.42. The summed E-state index contributed by atoms with van der Waals surface area (Å²) in [7, 11) is 0. The van der Waals surface area contributed by atoms with Gasteiger partial charge < -0.3 is 9.47 Å². The number of nitrogens with zero attached hydrogens (tertiary/aromatic N) is 2. The minimum atomic E-state index is -0.926. The first-order valence-corrected chi connectivity index (χ1v) is 11.4. The molecule has 0 bridgehead atoms. The third-order valence-electron chi connectivity index (χ3n) is 5.49. The van der Waals surface area contributed by atoms with Gasteiger partial charge in [0.05, 0.1) is 16.7 Å². The van der Waals surface area contributed by atoms with E-state index in [-0.39, 0.29) is 5.69 Å². The molecule has 0 saturated carbocycles. The van der Waals surface area contributed by atoms with E-state index in [4.69, 9.17) is 9.47 Å². The van der Waals surface area contributed by atoms with Crippen molar-refractivity contribution in [3.63, 3.8) is 0 Å². The second-order valence-corrected chi connectivity index (χ2v) is 8.20. The standard InChI is InChI=1S/C28H23N3O6/c1-18-6-5-8-21(16-18)28(33)37-26-15-10-20-7-3-4-9-24(20)25(26)17-29-30-27(32)19(2)36-23-13-11-22(12-14-23)31(34)35/h3-17,19H,1-2H3,(H,30,32)/b29-17-/t19-/m1/s1. The van der Waals surface area contributed by atoms with Crippen molar-refractivity contribution in [2.24, 2.45) is 5.10 Å². The summed E-state index contributed by atoms with van der Waals surface area (Å²) < 4.78 is 11.2. The molecule has 0 saturated heterocycles. The Bertz CT molecular complexity index is 1500. The molecule has 4 aromatic rings. The van der Waals surface area contributed by atoms with Crippen LogP contribution in [0.5, 0.6) is 11.5 Å². The van der Waals surface area contributed by atoms with Crippen LogP contribution in [0.4, 0.5) is 5.69 Å². The predicted molar refractivity (Wildman–Crippen MR) is 139 cm³/mol. The lowest BCUT2D eigenvalue weighted by Gasteiger charge is -2.13. The highest BCUT2D eigenvalue weighted by atomic mass is 16.6. The highest BCUT2D eigenvalue weighted by Crippen LogP contribution is 2.27. The molecule has 0 aliphatic rings. The maximum Gasteiger partial charge on any atom is 0.343 e. The van der Waals surface area contributed by atoms with Crippen LogP contribution in [0.1, 0.15) is 28.4 Å². The number of hydrazone groups is 1. The van der Waals surface area contributed by atoms with Crippen LogP contribution < -0.4 is 14.9 Å². The molecular formula is C28H23N3O6. The molecule has 0 heterocycles. The summed E-state index contributed by atoms with van der Waals surface area (Å²) in [6.07, 6.45) is 0.488. The quantitative estimate of drug-likeness (QED) is 0.118. The average molecular weight is 498 g/mol. The molecule has 0 radical (unpaired) electrons. The van der Waals surface area contributed by atoms with E-state index in [0.29, 0.717) is 22.6 Å². The summed E-state index contributed by atoms with van der Waals surface area (Å²) in [5, 5.41) is 16.5. The molecule has 1 atom stereocenters. The molecule has 0 unspecified atom stereocenters. The molecule has 0 aliphatic carbocycles. The van der Waals surface area contributed by atoms with Gasteiger partial charge in [-0.25, -0.2) is 10.2 Å². The molecule has 4 rings (SSSR count). The van der Waals surface area contributed by atoms with Gasteiger partial charge >= 0.3 is 5.97 Å². The van der Waals surface area contributed by atoms with Crippen LogP contribution in [0, 0.1) is 17.0 Å². The second kappa shape index (κ2) is 11.1. The van der Waals surface area contributed by atoms with Crippen LogP contribution in [0.15, 0.2) is 90.0 Å². The number of hydrogen-bond donors (Lipinski definition) is 1. The molecule has 37 heavy (non-hydrogen) atoms. The molecule has 4 aromatic carbocycles. The van der Waals surface area contributed by atoms with Crippen molar-refractivity contribution < 1.29 is 24.0 Å². The number of aryl methyl sites for hydroxylation is 1. The number of carbonyl (C=O) groups is 2. The Morgan fingerprint density at radius 1 is 1.00 bits per heavy atom. The van der Waals surface area contributed by atoms with E-state index in [9.17, 15) is 19.7 Å². The van der Waals surface area contributed by atoms with E-state index in [2.05, 4.69) is 10.5 Å². The monoisotopic (exact) mass is 497 g/mol. The molecule has 9 nitrogen and oxygen atoms in total. The van der Waals surface area contributed by atoms with E-state index < -0.39 is 22.9 Å². The average Bonchev–Trinajstić information content (AvgIpc) is 2.89. The number of nitrogens with one attached hydrogen (secondary N) is 1. The lowest BCUT2D eigenvalue weighted by molar-refractivity contribution is -0.384. The Kier molecular flexibility index (Phi) is 7.53. The summed E-state index contributed by atoms with van der Waals surface area (Å²) >= 11 is 0. The molecule has 0 aliphatic heterocycles. The fourth-order valence-corrected chi connectivity index (χ4v) is 3.58. The Hall–Kier alpha value is -5.05. The van der Waals surface area contributed by atoms with Gasteiger partial charge in [-0.05, 0) is 55.0 Å². The second-order valence-electron chi connectivity index (χ2n) is 8.20. The van der Waals surface area contributed by atoms with Gasteiger partial charge in [-0.1, -0.05) is 48.0 Å². The van der Waals surface area contributed by atoms with Crippen LogP contribution in [-0.4, -0.2) is 29.1 Å². The number of nitro groups is 1. The Balaban J connectivity index is 1.50. The number of non-ortho nitro benzene ring substituents is 1. The van der Waals surface area contributed by atoms with E-state index in [1.54, 1.807) is 24.3 Å². The molecular weight excluding hydrogens is 474 g/mol. The Morgan fingerprint density at radius 3 is 2.49 bits per heavy atom. The first kappa shape index (κ1) is 25.1. The number of fused-ring (bicyclic) bond motifs is 1. The third kappa shape index (κ3) is 6.15. The topological polar surface area (TPSA) is 120 Å². The minimum Gasteiger partial charge on any atom is -0.481 e. The number of benzene rings is 4. The molecule has 186 valence electrons. The van der Waals surface area contributed by atoms with E-state index >= 15 is 0 Å². The van der Waals surface area contributed by atoms with E-state index in [1.165, 1.54) is 37.4 Å². The van der Waals surface area contributed by atoms with Crippen LogP contribution >= 0.6 is 0 Å². The van der Waals surface area contributed by atoms with Gasteiger partial charge in [0.25, 0.3) is 11.6 Å². The number of amides is 1. The van der Waals surface area contributed by atoms with Gasteiger partial charge in [-0.3, -0.25) is 14.9 Å². The number of hydrogen-bond acceptors (Lipinski definition) is 7. The van der Waals surface area contributed by atoms with Crippen molar-refractivity contribution in [1.29, 1.82) is 0 Å². The molecule has 1 amide bonds. The van der Waals surface area contributed by atoms with Crippen molar-refractivity contribution in [3.05, 3.63) is 112 Å². The predicted octanol–water partition coefficient (Wildman–Crippen LogP) is 5.19. The molecule has 0 spiro atoms. The lowest BCUT2D eigenvalue weighted by atomic mass is 10.0. The lowest BCUT2D eigenvalue weighted by Crippen LogP contribution is -2.33. The van der Waals surface area contributed by atoms with Gasteiger partial charge in [0.15, 0.2) is 6.10 Å². The zero-order valence-corrected chi connectivity index (χ0v) is 20.1. The van der Waals surface area contributed by atoms with Crippen LogP contribution in [0.25, 0.3) is 10.8 Å². The van der Waals surface area contributed by atoms with Crippen molar-refractivity contribution in [2.45, 2.75) is 20.0 Å². The molecule has 0 aromatic heterocycles. The number of esters is 1. The van der Waals surface area contributed by atoms with E-state index in [0.717, 1.165) is 16.3 Å². The van der Waals surface area contributed by atoms with Gasteiger partial charge in [0, 0.05) is 17.7 Å². The van der Waals surface area contributed by atoms with Crippen LogP contribution in [0.3, 0.4) is 0 Å². The molecule has 0 fully saturated rings. The third-order valence-corrected chi connectivity index (χ3v) is 5.49. The SMILES string of the molecule is Cc1cccc(C(=O)Oc2ccc3ccccc3c2/C=N\NC(=O)[C@@H](C)Oc2ccc([N+](=O)[O-])cc2)c1. The summed E-state index contributed by atoms with van der Waals surface area (Å²) in [5.74, 6) is -0.453. The summed E-state index contributed by atoms with van der Waals surface area (Å²) in [6, 6.07) is 23.5. The molecule has 1 N–H and O–H groups in total. The number of nitro benzene ring substituents is 1. The summed E-state index contributed by atoms with van der Waals surface area (Å²) in [5.41, 5.74) is 4.21. The maximum absolute atomic E-state index is 12.8. The smallest absolute Gasteiger partial charge is 0.343 e. The van der Waals surface area contributed by atoms with Gasteiger partial charge in [0.2, 0.25) is 0 Å². The zero-order chi connectivity index (χ0) is 26.4. The van der Waals surface area contributed by atoms with Gasteiger partial charge in [-0.2, -0.15) is 5.10 Å². The Labute approximate surface area is 212 Å². The van der Waals surface area contributed by atoms with Crippen LogP contribution in [-0.2, 0) is 4.79 Å². The first-order valence-electron chi connectivity index (χ1n) is 11.4. The largest absolute Gasteiger partial charge is 0.481 e. The van der Waals surface area contributed by atoms with Crippen LogP contribution in [0.2, 0.25) is 0 Å². The van der Waals surface area contributed by atoms with Crippen molar-refractivity contribution in [3.8, 4) is 11.5 Å². The number of carbonyl (C=O) groups excluding carboxylic acids is 2. The van der Waals surface area contributed by atoms with E-state index in [1.807, 2.05) is 43.3 Å². The highest BCUT2D eigenvalue weighted by molar-refractivity contribution is 6.04. The van der Waals surface area contributed by atoms with Gasteiger partial charge in [0.1, 0.15) is 11.5 Å². The van der Waals surface area contributed by atoms with Crippen molar-refractivity contribution in [2.75, 3.05) is 0 Å². The van der Waals surface area contributed by atoms with Crippen molar-refractivity contribution >= 4 is 34.6 Å². The summed E-state index contributed by atoms with van der Waals surface area (Å²) in [4.78, 5) is 35.5. The Morgan fingerprint density at radius 2 is 1.76 bits per heavy atom. The maximum atomic E-state index is 12.8. The first-order chi connectivity index (χ1) is 17.8. The molecule has 9 heteroatoms. The van der Waals surface area contributed by atoms with Gasteiger partial charge in [-0.15, -0.1) is 0 Å². The minimum absolute atomic E-state index is 0.0805. The highest BCUT2D eigenvalue weighted by Gasteiger charge is 2.16. The normalized spacial score (nSPS) is 11.7. The fourth-order valence-electron chi connectivity index (χ4n) is 3.58. The fraction of sp³-hybridized carbons (Fsp3) is 0.107. The number of rotatable bonds is 8. The van der Waals surface area contributed by atoms with Crippen molar-refractivity contribution in [1.82, 2.24) is 5.43 Å².